The second-order valence-electron chi connectivity index (χ2n) is 10.3. The van der Waals surface area contributed by atoms with Crippen LogP contribution in [0.15, 0.2) is 34.7 Å². The molecule has 2 aromatic rings. The third-order valence-electron chi connectivity index (χ3n) is 6.99. The van der Waals surface area contributed by atoms with E-state index >= 15 is 0 Å². The number of rotatable bonds is 6. The van der Waals surface area contributed by atoms with Gasteiger partial charge in [0.15, 0.2) is 24.8 Å². The Morgan fingerprint density at radius 2 is 1.86 bits per heavy atom. The van der Waals surface area contributed by atoms with E-state index < -0.39 is 23.9 Å². The highest BCUT2D eigenvalue weighted by molar-refractivity contribution is 5.99. The van der Waals surface area contributed by atoms with Gasteiger partial charge in [0, 0.05) is 11.4 Å². The van der Waals surface area contributed by atoms with E-state index in [1.54, 1.807) is 21.9 Å². The number of hydrogen-bond donors (Lipinski definition) is 2. The minimum atomic E-state index is -0.830. The van der Waals surface area contributed by atoms with Crippen molar-refractivity contribution in [3.05, 3.63) is 36.1 Å². The number of aliphatic hydroxyl groups is 2. The molecule has 2 saturated heterocycles. The highest BCUT2D eigenvalue weighted by atomic mass is 16.5. The molecule has 0 unspecified atom stereocenters. The molecule has 1 aromatic carbocycles. The second kappa shape index (κ2) is 11.8. The predicted molar refractivity (Wildman–Crippen MR) is 138 cm³/mol. The first-order valence-electron chi connectivity index (χ1n) is 13.0. The van der Waals surface area contributed by atoms with Crippen molar-refractivity contribution < 1.29 is 28.3 Å². The van der Waals surface area contributed by atoms with E-state index in [0.717, 1.165) is 5.39 Å². The van der Waals surface area contributed by atoms with E-state index in [-0.39, 0.29) is 36.1 Å². The summed E-state index contributed by atoms with van der Waals surface area (Å²) in [4.78, 5) is 55.7. The summed E-state index contributed by atoms with van der Waals surface area (Å²) in [5, 5.41) is 6.44. The van der Waals surface area contributed by atoms with Gasteiger partial charge in [0.25, 0.3) is 5.91 Å². The van der Waals surface area contributed by atoms with Gasteiger partial charge < -0.3 is 29.6 Å². The fourth-order valence-corrected chi connectivity index (χ4v) is 4.85. The average molecular weight is 514 g/mol. The molecule has 37 heavy (non-hydrogen) atoms. The lowest BCUT2D eigenvalue weighted by Crippen LogP contribution is -2.54. The highest BCUT2D eigenvalue weighted by Gasteiger charge is 2.36. The van der Waals surface area contributed by atoms with Crippen molar-refractivity contribution in [2.75, 3.05) is 32.8 Å². The van der Waals surface area contributed by atoms with Gasteiger partial charge in [0.2, 0.25) is 5.91 Å². The summed E-state index contributed by atoms with van der Waals surface area (Å²) in [7, 11) is 0. The predicted octanol–water partition coefficient (Wildman–Crippen LogP) is 2.08. The standard InChI is InChI=1S/C27H36N4O6/c1-17(2)14-21(29-26(34)24-15-19-6-4-5-7-23(19)37-24)25(33)28-20-9-8-18(3)31(16-22(20)32)27(35)30-10-12-36-13-11-30/h4-7,15,17-18,20-21H,8-14,16H2,1-3H3,(H,28,33)(H,29,34)/p+1/t18-,20+,21+/m1/s1. The van der Waals surface area contributed by atoms with Gasteiger partial charge in [-0.05, 0) is 44.2 Å². The summed E-state index contributed by atoms with van der Waals surface area (Å²) in [6.45, 7) is 8.12. The second-order valence-corrected chi connectivity index (χ2v) is 10.3. The number of hydrogen-bond acceptors (Lipinski definition) is 5. The minimum absolute atomic E-state index is 0.0568. The number of Topliss-reactive ketones (excluding diaryl/α,β-unsaturated/α-hetero) is 1. The molecule has 4 amide bonds. The number of ether oxygens (including phenoxy) is 1. The molecule has 2 aliphatic heterocycles. The molecule has 0 bridgehead atoms. The van der Waals surface area contributed by atoms with Crippen molar-refractivity contribution >= 4 is 34.6 Å². The number of morpholine rings is 1. The Balaban J connectivity index is 1.41. The smallest absolute Gasteiger partial charge is 0.321 e. The van der Waals surface area contributed by atoms with Crippen molar-refractivity contribution in [3.63, 3.8) is 0 Å². The molecule has 10 heteroatoms. The Morgan fingerprint density at radius 3 is 2.57 bits per heavy atom. The van der Waals surface area contributed by atoms with Crippen LogP contribution in [0.4, 0.5) is 4.79 Å². The van der Waals surface area contributed by atoms with Crippen LogP contribution in [0.5, 0.6) is 0 Å². The number of benzene rings is 1. The summed E-state index contributed by atoms with van der Waals surface area (Å²) in [5.74, 6) is -0.855. The maximum Gasteiger partial charge on any atom is 0.321 e. The quantitative estimate of drug-likeness (QED) is 0.573. The van der Waals surface area contributed by atoms with E-state index in [0.29, 0.717) is 51.1 Å². The summed E-state index contributed by atoms with van der Waals surface area (Å²) < 4.78 is 9.93. The van der Waals surface area contributed by atoms with Crippen LogP contribution in [0.1, 0.15) is 50.6 Å². The van der Waals surface area contributed by atoms with Crippen LogP contribution >= 0.6 is 0 Å². The van der Waals surface area contributed by atoms with Gasteiger partial charge >= 0.3 is 6.03 Å². The number of ketones is 1. The number of amides is 4. The molecule has 2 fully saturated rings. The van der Waals surface area contributed by atoms with Crippen LogP contribution in [0, 0.1) is 5.92 Å². The maximum absolute atomic E-state index is 13.3. The van der Waals surface area contributed by atoms with Gasteiger partial charge in [-0.1, -0.05) is 32.0 Å². The number of nitrogens with one attached hydrogen (secondary N) is 2. The molecule has 3 heterocycles. The Labute approximate surface area is 216 Å². The lowest BCUT2D eigenvalue weighted by atomic mass is 10.0. The first-order valence-corrected chi connectivity index (χ1v) is 13.0. The number of carbonyl (C=O) groups is 4. The van der Waals surface area contributed by atoms with Crippen LogP contribution < -0.4 is 10.6 Å². The third-order valence-corrected chi connectivity index (χ3v) is 6.99. The van der Waals surface area contributed by atoms with E-state index in [2.05, 4.69) is 15.4 Å². The van der Waals surface area contributed by atoms with Crippen LogP contribution in [0.25, 0.3) is 11.0 Å². The number of furan rings is 1. The Bertz CT molecular complexity index is 1110. The van der Waals surface area contributed by atoms with Gasteiger partial charge in [0.05, 0.1) is 25.7 Å². The van der Waals surface area contributed by atoms with Gasteiger partial charge in [-0.25, -0.2) is 4.79 Å². The summed E-state index contributed by atoms with van der Waals surface area (Å²) in [5.41, 5.74) is 0.591. The number of fused-ring (bicyclic) bond motifs is 1. The molecule has 0 spiro atoms. The van der Waals surface area contributed by atoms with Gasteiger partial charge in [0.1, 0.15) is 11.6 Å². The number of nitrogens with zero attached hydrogens (tertiary/aromatic N) is 2. The highest BCUT2D eigenvalue weighted by Crippen LogP contribution is 2.20. The Hall–Kier alpha value is -3.40. The average Bonchev–Trinajstić information content (AvgIpc) is 3.27. The molecule has 200 valence electrons. The largest absolute Gasteiger partial charge is 0.451 e. The zero-order chi connectivity index (χ0) is 26.5. The van der Waals surface area contributed by atoms with Crippen LogP contribution in [-0.4, -0.2) is 89.1 Å². The van der Waals surface area contributed by atoms with E-state index in [1.807, 2.05) is 39.0 Å². The van der Waals surface area contributed by atoms with Crippen molar-refractivity contribution in [2.24, 2.45) is 5.92 Å². The zero-order valence-corrected chi connectivity index (χ0v) is 21.7. The molecule has 2 aliphatic rings. The topological polar surface area (TPSA) is 125 Å². The van der Waals surface area contributed by atoms with Gasteiger partial charge in [-0.15, -0.1) is 0 Å². The maximum atomic E-state index is 13.3. The molecule has 10 nitrogen and oxygen atoms in total. The fraction of sp³-hybridized carbons (Fsp3) is 0.556. The normalized spacial score (nSPS) is 21.6. The van der Waals surface area contributed by atoms with E-state index in [1.165, 1.54) is 0 Å². The number of para-hydroxylation sites is 1. The molecular formula is C27H37N4O6+. The lowest BCUT2D eigenvalue weighted by molar-refractivity contribution is -0.129. The zero-order valence-electron chi connectivity index (χ0n) is 21.7. The van der Waals surface area contributed by atoms with Gasteiger partial charge in [-0.2, -0.15) is 0 Å². The third kappa shape index (κ3) is 6.49. The molecule has 3 atom stereocenters. The number of carbonyl (C=O) groups excluding carboxylic acids is 4. The molecule has 0 radical (unpaired) electrons. The molecule has 4 rings (SSSR count). The molecular weight excluding hydrogens is 476 g/mol. The SMILES string of the molecule is CC(C)C[C@H](NC(=O)c1cc2ccccc2o1)C(=O)N[C@H]1CC[C@@H](C)N(C(=O)N2CC[OH+]CC2)CC1=O. The lowest BCUT2D eigenvalue weighted by Gasteiger charge is -2.33. The minimum Gasteiger partial charge on any atom is -0.451 e. The summed E-state index contributed by atoms with van der Waals surface area (Å²) in [6.07, 6.45) is 1.41. The molecule has 0 aliphatic carbocycles. The molecule has 1 aromatic heterocycles. The Morgan fingerprint density at radius 1 is 1.14 bits per heavy atom. The monoisotopic (exact) mass is 513 g/mol. The van der Waals surface area contributed by atoms with Crippen LogP contribution in [0.3, 0.4) is 0 Å². The van der Waals surface area contributed by atoms with Crippen LogP contribution in [0.2, 0.25) is 0 Å². The van der Waals surface area contributed by atoms with Crippen molar-refractivity contribution in [1.82, 2.24) is 20.4 Å². The molecule has 0 saturated carbocycles. The number of likely N-dealkylation sites (tertiary alicyclic amines) is 1. The van der Waals surface area contributed by atoms with E-state index in [9.17, 15) is 19.2 Å². The van der Waals surface area contributed by atoms with Crippen molar-refractivity contribution in [1.29, 1.82) is 0 Å². The first-order chi connectivity index (χ1) is 17.7. The molecule has 3 N–H and O–H groups in total. The number of urea groups is 1. The summed E-state index contributed by atoms with van der Waals surface area (Å²) in [6, 6.07) is 7.12. The van der Waals surface area contributed by atoms with Crippen LogP contribution in [-0.2, 0) is 9.59 Å². The summed E-state index contributed by atoms with van der Waals surface area (Å²) >= 11 is 0. The van der Waals surface area contributed by atoms with Gasteiger partial charge in [-0.3, -0.25) is 14.4 Å². The van der Waals surface area contributed by atoms with Crippen molar-refractivity contribution in [3.8, 4) is 0 Å². The van der Waals surface area contributed by atoms with Crippen molar-refractivity contribution in [2.45, 2.75) is 58.2 Å². The first kappa shape index (κ1) is 26.7. The Kier molecular flexibility index (Phi) is 8.48. The fourth-order valence-electron chi connectivity index (χ4n) is 4.85. The van der Waals surface area contributed by atoms with E-state index in [4.69, 9.17) is 4.42 Å².